The van der Waals surface area contributed by atoms with Gasteiger partial charge in [-0.2, -0.15) is 0 Å². The van der Waals surface area contributed by atoms with Crippen LogP contribution in [-0.4, -0.2) is 20.9 Å². The predicted octanol–water partition coefficient (Wildman–Crippen LogP) is 7.27. The van der Waals surface area contributed by atoms with Crippen molar-refractivity contribution in [1.82, 2.24) is 0 Å². The molecule has 6 nitrogen and oxygen atoms in total. The highest BCUT2D eigenvalue weighted by atomic mass is 35.5. The van der Waals surface area contributed by atoms with Crippen LogP contribution in [0, 0.1) is 0 Å². The molecule has 184 valence electrons. The van der Waals surface area contributed by atoms with Gasteiger partial charge in [0.1, 0.15) is 12.3 Å². The number of hydrogen-bond donors (Lipinski definition) is 1. The topological polar surface area (TPSA) is 75.7 Å². The minimum Gasteiger partial charge on any atom is -0.455 e. The molecule has 36 heavy (non-hydrogen) atoms. The third kappa shape index (κ3) is 6.12. The van der Waals surface area contributed by atoms with Crippen molar-refractivity contribution >= 4 is 62.1 Å². The maximum absolute atomic E-state index is 13.5. The van der Waals surface area contributed by atoms with Crippen LogP contribution in [0.3, 0.4) is 0 Å². The van der Waals surface area contributed by atoms with Gasteiger partial charge < -0.3 is 10.1 Å². The van der Waals surface area contributed by atoms with Gasteiger partial charge in [-0.25, -0.2) is 8.42 Å². The Labute approximate surface area is 224 Å². The summed E-state index contributed by atoms with van der Waals surface area (Å²) in [6.07, 6.45) is 0. The molecule has 0 saturated heterocycles. The number of anilines is 2. The number of rotatable bonds is 8. The van der Waals surface area contributed by atoms with Crippen LogP contribution in [-0.2, 0) is 14.8 Å². The minimum absolute atomic E-state index is 0.000304. The molecular formula is C26H19Cl3N2O4S. The standard InChI is InChI=1S/C26H19Cl3N2O4S/c27-18-11-13-24(22(29)15-18)31(36(33,34)21-9-5-2-6-10-21)17-26(32)30-23-16-19(28)12-14-25(23)35-20-7-3-1-4-8-20/h1-16H,17H2,(H,30,32). The molecular weight excluding hydrogens is 543 g/mol. The van der Waals surface area contributed by atoms with Gasteiger partial charge in [0, 0.05) is 10.0 Å². The van der Waals surface area contributed by atoms with Crippen molar-refractivity contribution in [2.45, 2.75) is 4.90 Å². The molecule has 1 amide bonds. The number of carbonyl (C=O) groups excluding carboxylic acids is 1. The molecule has 0 fully saturated rings. The van der Waals surface area contributed by atoms with Crippen molar-refractivity contribution in [2.75, 3.05) is 16.2 Å². The van der Waals surface area contributed by atoms with Crippen molar-refractivity contribution in [3.05, 3.63) is 112 Å². The maximum Gasteiger partial charge on any atom is 0.264 e. The summed E-state index contributed by atoms with van der Waals surface area (Å²) in [5, 5.41) is 3.46. The van der Waals surface area contributed by atoms with Gasteiger partial charge in [0.2, 0.25) is 5.91 Å². The zero-order valence-corrected chi connectivity index (χ0v) is 21.7. The second kappa shape index (κ2) is 11.2. The lowest BCUT2D eigenvalue weighted by atomic mass is 10.2. The van der Waals surface area contributed by atoms with Crippen LogP contribution >= 0.6 is 34.8 Å². The lowest BCUT2D eigenvalue weighted by Crippen LogP contribution is -2.38. The number of halogens is 3. The Morgan fingerprint density at radius 3 is 2.08 bits per heavy atom. The normalized spacial score (nSPS) is 11.1. The smallest absolute Gasteiger partial charge is 0.264 e. The zero-order chi connectivity index (χ0) is 25.7. The van der Waals surface area contributed by atoms with Crippen molar-refractivity contribution < 1.29 is 17.9 Å². The number of hydrogen-bond acceptors (Lipinski definition) is 4. The molecule has 0 saturated carbocycles. The summed E-state index contributed by atoms with van der Waals surface area (Å²) in [5.41, 5.74) is 0.377. The van der Waals surface area contributed by atoms with Crippen LogP contribution in [0.4, 0.5) is 11.4 Å². The summed E-state index contributed by atoms with van der Waals surface area (Å²) in [7, 11) is -4.16. The predicted molar refractivity (Wildman–Crippen MR) is 144 cm³/mol. The maximum atomic E-state index is 13.5. The molecule has 4 aromatic carbocycles. The Morgan fingerprint density at radius 2 is 1.42 bits per heavy atom. The lowest BCUT2D eigenvalue weighted by Gasteiger charge is -2.25. The Bertz CT molecular complexity index is 1480. The van der Waals surface area contributed by atoms with Crippen molar-refractivity contribution in [3.63, 3.8) is 0 Å². The Morgan fingerprint density at radius 1 is 0.806 bits per heavy atom. The molecule has 0 aliphatic heterocycles. The molecule has 0 bridgehead atoms. The summed E-state index contributed by atoms with van der Waals surface area (Å²) in [5.74, 6) is 0.248. The van der Waals surface area contributed by atoms with Crippen molar-refractivity contribution in [1.29, 1.82) is 0 Å². The molecule has 4 rings (SSSR count). The van der Waals surface area contributed by atoms with E-state index in [2.05, 4.69) is 5.32 Å². The molecule has 4 aromatic rings. The first-order valence-corrected chi connectivity index (χ1v) is 13.2. The molecule has 0 unspecified atom stereocenters. The van der Waals surface area contributed by atoms with Crippen molar-refractivity contribution in [3.8, 4) is 11.5 Å². The fourth-order valence-corrected chi connectivity index (χ4v) is 5.52. The summed E-state index contributed by atoms with van der Waals surface area (Å²) in [4.78, 5) is 13.2. The average Bonchev–Trinajstić information content (AvgIpc) is 2.86. The first kappa shape index (κ1) is 25.9. The number of amides is 1. The molecule has 0 heterocycles. The molecule has 0 radical (unpaired) electrons. The van der Waals surface area contributed by atoms with Gasteiger partial charge in [0.05, 0.1) is 21.3 Å². The molecule has 0 aromatic heterocycles. The van der Waals surface area contributed by atoms with Crippen molar-refractivity contribution in [2.24, 2.45) is 0 Å². The first-order chi connectivity index (χ1) is 17.2. The average molecular weight is 562 g/mol. The number of carbonyl (C=O) groups is 1. The van der Waals surface area contributed by atoms with Gasteiger partial charge >= 0.3 is 0 Å². The second-order valence-electron chi connectivity index (χ2n) is 7.52. The van der Waals surface area contributed by atoms with Crippen LogP contribution in [0.2, 0.25) is 15.1 Å². The first-order valence-electron chi connectivity index (χ1n) is 10.6. The Kier molecular flexibility index (Phi) is 8.06. The minimum atomic E-state index is -4.16. The van der Waals surface area contributed by atoms with E-state index in [9.17, 15) is 13.2 Å². The fraction of sp³-hybridized carbons (Fsp3) is 0.0385. The van der Waals surface area contributed by atoms with E-state index in [-0.39, 0.29) is 21.3 Å². The van der Waals surface area contributed by atoms with E-state index in [0.29, 0.717) is 21.5 Å². The van der Waals surface area contributed by atoms with Gasteiger partial charge in [-0.3, -0.25) is 9.10 Å². The second-order valence-corrected chi connectivity index (χ2v) is 10.7. The monoisotopic (exact) mass is 560 g/mol. The third-order valence-electron chi connectivity index (χ3n) is 4.98. The SMILES string of the molecule is O=C(CN(c1ccc(Cl)cc1Cl)S(=O)(=O)c1ccccc1)Nc1cc(Cl)ccc1Oc1ccccc1. The third-order valence-corrected chi connectivity index (χ3v) is 7.53. The van der Waals surface area contributed by atoms with Crippen LogP contribution in [0.15, 0.2) is 102 Å². The fourth-order valence-electron chi connectivity index (χ4n) is 3.33. The van der Waals surface area contributed by atoms with Gasteiger partial charge in [-0.1, -0.05) is 71.2 Å². The number of nitrogens with zero attached hydrogens (tertiary/aromatic N) is 1. The highest BCUT2D eigenvalue weighted by Gasteiger charge is 2.29. The summed E-state index contributed by atoms with van der Waals surface area (Å²) in [6.45, 7) is -0.574. The Balaban J connectivity index is 1.66. The number of benzene rings is 4. The van der Waals surface area contributed by atoms with E-state index in [4.69, 9.17) is 39.5 Å². The van der Waals surface area contributed by atoms with Crippen LogP contribution in [0.25, 0.3) is 0 Å². The highest BCUT2D eigenvalue weighted by Crippen LogP contribution is 2.34. The van der Waals surface area contributed by atoms with E-state index in [1.807, 2.05) is 18.2 Å². The molecule has 0 spiro atoms. The molecule has 10 heteroatoms. The van der Waals surface area contributed by atoms with E-state index < -0.39 is 22.5 Å². The molecule has 0 atom stereocenters. The van der Waals surface area contributed by atoms with Crippen LogP contribution in [0.5, 0.6) is 11.5 Å². The number of nitrogens with one attached hydrogen (secondary N) is 1. The summed E-state index contributed by atoms with van der Waals surface area (Å²) >= 11 is 18.5. The number of para-hydroxylation sites is 1. The number of sulfonamides is 1. The van der Waals surface area contributed by atoms with Gasteiger partial charge in [0.25, 0.3) is 10.0 Å². The largest absolute Gasteiger partial charge is 0.455 e. The van der Waals surface area contributed by atoms with Crippen LogP contribution < -0.4 is 14.4 Å². The highest BCUT2D eigenvalue weighted by molar-refractivity contribution is 7.92. The number of ether oxygens (including phenoxy) is 1. The van der Waals surface area contributed by atoms with Gasteiger partial charge in [-0.05, 0) is 60.7 Å². The van der Waals surface area contributed by atoms with E-state index in [0.717, 1.165) is 4.31 Å². The lowest BCUT2D eigenvalue weighted by molar-refractivity contribution is -0.114. The molecule has 0 aliphatic rings. The van der Waals surface area contributed by atoms with Gasteiger partial charge in [0.15, 0.2) is 5.75 Å². The molecule has 1 N–H and O–H groups in total. The molecule has 0 aliphatic carbocycles. The Hall–Kier alpha value is -3.23. The van der Waals surface area contributed by atoms with E-state index in [1.165, 1.54) is 36.4 Å². The van der Waals surface area contributed by atoms with Gasteiger partial charge in [-0.15, -0.1) is 0 Å². The van der Waals surface area contributed by atoms with E-state index in [1.54, 1.807) is 42.5 Å². The van der Waals surface area contributed by atoms with Crippen LogP contribution in [0.1, 0.15) is 0 Å². The quantitative estimate of drug-likeness (QED) is 0.245. The summed E-state index contributed by atoms with van der Waals surface area (Å²) in [6, 6.07) is 25.8. The summed E-state index contributed by atoms with van der Waals surface area (Å²) < 4.78 is 33.9. The zero-order valence-electron chi connectivity index (χ0n) is 18.6. The van der Waals surface area contributed by atoms with E-state index >= 15 is 0 Å².